The van der Waals surface area contributed by atoms with Crippen LogP contribution >= 0.6 is 0 Å². The highest BCUT2D eigenvalue weighted by atomic mass is 19.1. The number of carbonyl (C=O) groups is 2. The number of ether oxygens (including phenoxy) is 1. The fourth-order valence-electron chi connectivity index (χ4n) is 5.05. The zero-order valence-corrected chi connectivity index (χ0v) is 26.5. The van der Waals surface area contributed by atoms with E-state index in [9.17, 15) is 19.1 Å². The van der Waals surface area contributed by atoms with Crippen LogP contribution in [0.5, 0.6) is 5.75 Å². The molecule has 1 saturated heterocycles. The highest BCUT2D eigenvalue weighted by Crippen LogP contribution is 2.27. The zero-order valence-electron chi connectivity index (χ0n) is 26.5. The summed E-state index contributed by atoms with van der Waals surface area (Å²) >= 11 is 0. The number of carbonyl (C=O) groups excluding carboxylic acids is 1. The molecule has 4 rings (SSSR count). The van der Waals surface area contributed by atoms with Crippen molar-refractivity contribution in [3.05, 3.63) is 66.1 Å². The third kappa shape index (κ3) is 9.85. The van der Waals surface area contributed by atoms with Crippen molar-refractivity contribution >= 4 is 35.1 Å². The van der Waals surface area contributed by atoms with Crippen molar-refractivity contribution in [3.8, 4) is 5.75 Å². The molecule has 1 aliphatic heterocycles. The summed E-state index contributed by atoms with van der Waals surface area (Å²) in [6, 6.07) is 13.6. The van der Waals surface area contributed by atoms with Crippen LogP contribution in [0.1, 0.15) is 46.1 Å². The number of amides is 2. The topological polar surface area (TPSA) is 123 Å². The number of rotatable bonds is 14. The summed E-state index contributed by atoms with van der Waals surface area (Å²) in [5.41, 5.74) is 1.58. The van der Waals surface area contributed by atoms with Gasteiger partial charge in [-0.05, 0) is 63.4 Å². The fraction of sp³-hybridized carbons (Fsp3) is 0.455. The summed E-state index contributed by atoms with van der Waals surface area (Å²) < 4.78 is 20.6. The van der Waals surface area contributed by atoms with Gasteiger partial charge in [0, 0.05) is 75.2 Å². The molecule has 1 aromatic heterocycles. The molecule has 2 amide bonds. The molecule has 0 spiro atoms. The van der Waals surface area contributed by atoms with Crippen LogP contribution in [0.2, 0.25) is 0 Å². The molecular weight excluding hydrogens is 577 g/mol. The highest BCUT2D eigenvalue weighted by molar-refractivity contribution is 5.93. The number of benzene rings is 2. The number of nitrogens with one attached hydrogen (secondary N) is 2. The molecule has 242 valence electrons. The highest BCUT2D eigenvalue weighted by Gasteiger charge is 2.21. The Labute approximate surface area is 264 Å². The number of aromatic nitrogens is 2. The maximum atomic E-state index is 14.9. The lowest BCUT2D eigenvalue weighted by Crippen LogP contribution is -2.49. The lowest BCUT2D eigenvalue weighted by atomic mass is 10.1. The quantitative estimate of drug-likeness (QED) is 0.216. The van der Waals surface area contributed by atoms with Crippen LogP contribution < -0.4 is 20.3 Å². The van der Waals surface area contributed by atoms with Crippen molar-refractivity contribution in [1.82, 2.24) is 25.1 Å². The lowest BCUT2D eigenvalue weighted by Gasteiger charge is -2.36. The van der Waals surface area contributed by atoms with E-state index in [4.69, 9.17) is 4.74 Å². The Balaban J connectivity index is 1.36. The van der Waals surface area contributed by atoms with E-state index in [0.29, 0.717) is 36.9 Å². The fourth-order valence-corrected chi connectivity index (χ4v) is 5.05. The minimum Gasteiger partial charge on any atom is -0.489 e. The van der Waals surface area contributed by atoms with Gasteiger partial charge in [-0.1, -0.05) is 19.1 Å². The Morgan fingerprint density at radius 3 is 2.56 bits per heavy atom. The van der Waals surface area contributed by atoms with Crippen LogP contribution in [-0.4, -0.2) is 88.3 Å². The summed E-state index contributed by atoms with van der Waals surface area (Å²) in [6.07, 6.45) is 1.79. The largest absolute Gasteiger partial charge is 0.489 e. The predicted molar refractivity (Wildman–Crippen MR) is 173 cm³/mol. The average molecular weight is 622 g/mol. The first-order chi connectivity index (χ1) is 21.6. The molecule has 1 atom stereocenters. The second-order valence-corrected chi connectivity index (χ2v) is 11.5. The van der Waals surface area contributed by atoms with Crippen molar-refractivity contribution in [1.29, 1.82) is 0 Å². The number of carboxylic acid groups (broad SMARTS) is 1. The van der Waals surface area contributed by atoms with Gasteiger partial charge in [-0.15, -0.1) is 0 Å². The van der Waals surface area contributed by atoms with Crippen molar-refractivity contribution in [3.63, 3.8) is 0 Å². The number of halogens is 1. The second kappa shape index (κ2) is 16.1. The van der Waals surface area contributed by atoms with E-state index >= 15 is 0 Å². The minimum absolute atomic E-state index is 0.0526. The van der Waals surface area contributed by atoms with Gasteiger partial charge in [-0.25, -0.2) is 19.1 Å². The van der Waals surface area contributed by atoms with Gasteiger partial charge in [0.05, 0.1) is 5.69 Å². The third-order valence-electron chi connectivity index (χ3n) is 7.88. The molecule has 0 aliphatic carbocycles. The van der Waals surface area contributed by atoms with Gasteiger partial charge in [0.1, 0.15) is 12.4 Å². The average Bonchev–Trinajstić information content (AvgIpc) is 3.01. The summed E-state index contributed by atoms with van der Waals surface area (Å²) in [5.74, 6) is -0.206. The van der Waals surface area contributed by atoms with Gasteiger partial charge in [0.2, 0.25) is 11.9 Å². The molecular formula is C33H44FN7O4. The molecule has 12 heteroatoms. The Bertz CT molecular complexity index is 1430. The van der Waals surface area contributed by atoms with E-state index in [1.54, 1.807) is 30.3 Å². The third-order valence-corrected chi connectivity index (χ3v) is 7.88. The van der Waals surface area contributed by atoms with Crippen LogP contribution in [0.15, 0.2) is 54.7 Å². The molecule has 1 fully saturated rings. The number of anilines is 4. The first kappa shape index (κ1) is 33.6. The van der Waals surface area contributed by atoms with E-state index in [1.165, 1.54) is 18.3 Å². The number of nitrogens with zero attached hydrogens (tertiary/aromatic N) is 5. The predicted octanol–water partition coefficient (Wildman–Crippen LogP) is 5.43. The Morgan fingerprint density at radius 2 is 1.87 bits per heavy atom. The normalized spacial score (nSPS) is 14.6. The van der Waals surface area contributed by atoms with Crippen molar-refractivity contribution in [2.45, 2.75) is 59.0 Å². The molecule has 2 aromatic carbocycles. The summed E-state index contributed by atoms with van der Waals surface area (Å²) in [7, 11) is 0. The van der Waals surface area contributed by atoms with Crippen molar-refractivity contribution in [2.24, 2.45) is 0 Å². The van der Waals surface area contributed by atoms with E-state index < -0.39 is 11.9 Å². The molecule has 1 unspecified atom stereocenters. The summed E-state index contributed by atoms with van der Waals surface area (Å²) in [5, 5.41) is 15.9. The second-order valence-electron chi connectivity index (χ2n) is 11.5. The van der Waals surface area contributed by atoms with Gasteiger partial charge in [-0.3, -0.25) is 14.6 Å². The van der Waals surface area contributed by atoms with E-state index in [0.717, 1.165) is 49.6 Å². The first-order valence-corrected chi connectivity index (χ1v) is 15.5. The lowest BCUT2D eigenvalue weighted by molar-refractivity contribution is -0.121. The summed E-state index contributed by atoms with van der Waals surface area (Å²) in [6.45, 7) is 13.4. The summed E-state index contributed by atoms with van der Waals surface area (Å²) in [4.78, 5) is 38.9. The van der Waals surface area contributed by atoms with Crippen molar-refractivity contribution in [2.75, 3.05) is 49.5 Å². The smallest absolute Gasteiger partial charge is 0.417 e. The monoisotopic (exact) mass is 621 g/mol. The molecule has 0 bridgehead atoms. The molecule has 2 heterocycles. The number of aryl methyl sites for hydroxylation is 1. The Morgan fingerprint density at radius 1 is 1.09 bits per heavy atom. The van der Waals surface area contributed by atoms with E-state index in [2.05, 4.69) is 44.2 Å². The van der Waals surface area contributed by atoms with Gasteiger partial charge in [0.25, 0.3) is 0 Å². The van der Waals surface area contributed by atoms with Crippen LogP contribution in [0.25, 0.3) is 0 Å². The Hall–Kier alpha value is -4.29. The maximum Gasteiger partial charge on any atom is 0.417 e. The molecule has 1 aliphatic rings. The number of hydrogen-bond donors (Lipinski definition) is 3. The molecule has 0 radical (unpaired) electrons. The van der Waals surface area contributed by atoms with Crippen LogP contribution in [0.4, 0.5) is 32.3 Å². The van der Waals surface area contributed by atoms with Crippen molar-refractivity contribution < 1.29 is 23.8 Å². The van der Waals surface area contributed by atoms with Gasteiger partial charge < -0.3 is 20.5 Å². The van der Waals surface area contributed by atoms with Crippen LogP contribution in [-0.2, 0) is 11.2 Å². The van der Waals surface area contributed by atoms with Crippen LogP contribution in [0.3, 0.4) is 0 Å². The van der Waals surface area contributed by atoms with Gasteiger partial charge >= 0.3 is 6.09 Å². The SMILES string of the molecule is CCC(C)NC(=O)CCc1cccc(N(C(=O)O)c2ccnc(Nc3ccc(OCCN4CCN(C(C)C)CC4)c(F)c3)n2)c1. The number of piperazine rings is 1. The molecule has 11 nitrogen and oxygen atoms in total. The number of hydrogen-bond acceptors (Lipinski definition) is 8. The maximum absolute atomic E-state index is 14.9. The van der Waals surface area contributed by atoms with Gasteiger partial charge in [-0.2, -0.15) is 4.98 Å². The standard InChI is InChI=1S/C33H44FN7O4/c1-5-24(4)36-31(42)12-9-25-7-6-8-27(21-25)41(33(43)44)30-13-14-35-32(38-30)37-26-10-11-29(28(34)22-26)45-20-19-39-15-17-40(18-16-39)23(2)3/h6-8,10-11,13-14,21-24H,5,9,12,15-20H2,1-4H3,(H,36,42)(H,43,44)(H,35,37,38). The van der Waals surface area contributed by atoms with Gasteiger partial charge in [0.15, 0.2) is 11.6 Å². The minimum atomic E-state index is -1.24. The van der Waals surface area contributed by atoms with E-state index in [1.807, 2.05) is 19.9 Å². The molecule has 3 N–H and O–H groups in total. The van der Waals surface area contributed by atoms with Crippen LogP contribution in [0, 0.1) is 5.82 Å². The molecule has 0 saturated carbocycles. The zero-order chi connectivity index (χ0) is 32.3. The molecule has 3 aromatic rings. The first-order valence-electron chi connectivity index (χ1n) is 15.5. The Kier molecular flexibility index (Phi) is 12.1. The molecule has 45 heavy (non-hydrogen) atoms. The van der Waals surface area contributed by atoms with E-state index in [-0.39, 0.29) is 29.5 Å².